The maximum absolute atomic E-state index is 13.1. The van der Waals surface area contributed by atoms with Gasteiger partial charge in [-0.15, -0.1) is 13.2 Å². The summed E-state index contributed by atoms with van der Waals surface area (Å²) in [6.45, 7) is 2.94. The minimum atomic E-state index is -4.78. The topological polar surface area (TPSA) is 116 Å². The van der Waals surface area contributed by atoms with Gasteiger partial charge in [0.15, 0.2) is 0 Å². The van der Waals surface area contributed by atoms with Gasteiger partial charge in [0.05, 0.1) is 18.8 Å². The molecule has 0 fully saturated rings. The van der Waals surface area contributed by atoms with E-state index in [1.165, 1.54) is 30.6 Å². The van der Waals surface area contributed by atoms with E-state index in [2.05, 4.69) is 35.4 Å². The number of fused-ring (bicyclic) bond motifs is 1. The van der Waals surface area contributed by atoms with Crippen LogP contribution in [0, 0.1) is 6.92 Å². The van der Waals surface area contributed by atoms with E-state index in [1.807, 2.05) is 25.1 Å². The summed E-state index contributed by atoms with van der Waals surface area (Å²) in [6, 6.07) is 18.2. The van der Waals surface area contributed by atoms with Crippen molar-refractivity contribution in [3.63, 3.8) is 0 Å². The van der Waals surface area contributed by atoms with Crippen molar-refractivity contribution in [2.45, 2.75) is 32.7 Å². The zero-order chi connectivity index (χ0) is 30.7. The largest absolute Gasteiger partial charge is 0.573 e. The SMILES string of the molecule is Cc1ccc(Cn2cncn2)cc1NC(=O)c1ccc(Nc2nc3c(c(-c4ccc(OC(F)(F)F)cc4)n2)CCCO3)cc1. The Morgan fingerprint density at radius 1 is 1.05 bits per heavy atom. The Bertz CT molecular complexity index is 1780. The van der Waals surface area contributed by atoms with Crippen LogP contribution in [0.15, 0.2) is 79.4 Å². The Morgan fingerprint density at radius 2 is 1.84 bits per heavy atom. The molecule has 2 aromatic heterocycles. The highest BCUT2D eigenvalue weighted by Gasteiger charge is 2.31. The van der Waals surface area contributed by atoms with Crippen LogP contribution in [0.5, 0.6) is 11.6 Å². The Balaban J connectivity index is 1.18. The fourth-order valence-electron chi connectivity index (χ4n) is 4.77. The predicted molar refractivity (Wildman–Crippen MR) is 156 cm³/mol. The fourth-order valence-corrected chi connectivity index (χ4v) is 4.77. The van der Waals surface area contributed by atoms with Gasteiger partial charge in [0.2, 0.25) is 11.8 Å². The first-order chi connectivity index (χ1) is 21.2. The predicted octanol–water partition coefficient (Wildman–Crippen LogP) is 6.31. The van der Waals surface area contributed by atoms with Crippen molar-refractivity contribution in [2.24, 2.45) is 0 Å². The smallest absolute Gasteiger partial charge is 0.477 e. The molecule has 0 bridgehead atoms. The van der Waals surface area contributed by atoms with Crippen LogP contribution in [-0.2, 0) is 13.0 Å². The lowest BCUT2D eigenvalue weighted by Gasteiger charge is -2.20. The number of hydrogen-bond donors (Lipinski definition) is 2. The summed E-state index contributed by atoms with van der Waals surface area (Å²) >= 11 is 0. The second kappa shape index (κ2) is 12.0. The molecule has 3 aromatic carbocycles. The van der Waals surface area contributed by atoms with Crippen molar-refractivity contribution >= 4 is 23.2 Å². The number of halogens is 3. The van der Waals surface area contributed by atoms with Crippen LogP contribution >= 0.6 is 0 Å². The van der Waals surface area contributed by atoms with Crippen LogP contribution in [0.4, 0.5) is 30.5 Å². The first kappa shape index (κ1) is 28.6. The maximum Gasteiger partial charge on any atom is 0.573 e. The van der Waals surface area contributed by atoms with Crippen LogP contribution in [0.2, 0.25) is 0 Å². The van der Waals surface area contributed by atoms with Crippen LogP contribution in [-0.4, -0.2) is 43.6 Å². The number of aromatic nitrogens is 5. The standard InChI is InChI=1S/C31H26F3N7O3/c1-19-4-5-20(16-41-18-35-17-36-41)15-26(19)38-28(42)22-6-10-23(11-7-22)37-30-39-27(25-3-2-14-43-29(25)40-30)21-8-12-24(13-9-21)44-31(32,33)34/h4-13,15,17-18H,2-3,14,16H2,1H3,(H,38,42)(H,37,39,40). The lowest BCUT2D eigenvalue weighted by atomic mass is 10.0. The molecule has 0 spiro atoms. The molecule has 0 unspecified atom stereocenters. The number of hydrogen-bond acceptors (Lipinski definition) is 8. The highest BCUT2D eigenvalue weighted by atomic mass is 19.4. The van der Waals surface area contributed by atoms with Crippen molar-refractivity contribution < 1.29 is 27.4 Å². The van der Waals surface area contributed by atoms with Crippen LogP contribution in [0.3, 0.4) is 0 Å². The first-order valence-electron chi connectivity index (χ1n) is 13.7. The second-order valence-electron chi connectivity index (χ2n) is 10.1. The molecule has 1 aliphatic heterocycles. The number of amides is 1. The molecule has 6 rings (SSSR count). The molecule has 0 atom stereocenters. The van der Waals surface area contributed by atoms with Gasteiger partial charge in [-0.05, 0) is 85.5 Å². The summed E-state index contributed by atoms with van der Waals surface area (Å²) in [5.41, 5.74) is 5.59. The number of rotatable bonds is 8. The van der Waals surface area contributed by atoms with Crippen LogP contribution in [0.1, 0.15) is 33.5 Å². The van der Waals surface area contributed by atoms with E-state index in [9.17, 15) is 18.0 Å². The number of nitrogens with zero attached hydrogens (tertiary/aromatic N) is 5. The molecule has 0 saturated heterocycles. The molecule has 44 heavy (non-hydrogen) atoms. The molecule has 0 aliphatic carbocycles. The molecular weight excluding hydrogens is 575 g/mol. The summed E-state index contributed by atoms with van der Waals surface area (Å²) in [4.78, 5) is 26.2. The zero-order valence-electron chi connectivity index (χ0n) is 23.4. The zero-order valence-corrected chi connectivity index (χ0v) is 23.4. The Kier molecular flexibility index (Phi) is 7.84. The van der Waals surface area contributed by atoms with Gasteiger partial charge < -0.3 is 20.1 Å². The number of nitrogens with one attached hydrogen (secondary N) is 2. The third-order valence-corrected chi connectivity index (χ3v) is 6.90. The Morgan fingerprint density at radius 3 is 2.57 bits per heavy atom. The van der Waals surface area contributed by atoms with Crippen molar-refractivity contribution in [2.75, 3.05) is 17.2 Å². The molecule has 0 saturated carbocycles. The van der Waals surface area contributed by atoms with Gasteiger partial charge in [-0.3, -0.25) is 4.79 Å². The number of anilines is 3. The van der Waals surface area contributed by atoms with Gasteiger partial charge in [-0.1, -0.05) is 12.1 Å². The van der Waals surface area contributed by atoms with Gasteiger partial charge in [-0.2, -0.15) is 10.1 Å². The molecule has 1 amide bonds. The summed E-state index contributed by atoms with van der Waals surface area (Å²) < 4.78 is 49.3. The number of carbonyl (C=O) groups is 1. The van der Waals surface area contributed by atoms with E-state index in [-0.39, 0.29) is 17.6 Å². The molecular formula is C31H26F3N7O3. The van der Waals surface area contributed by atoms with Gasteiger partial charge in [0.1, 0.15) is 18.4 Å². The van der Waals surface area contributed by atoms with Crippen molar-refractivity contribution in [1.29, 1.82) is 0 Å². The Hall–Kier alpha value is -5.46. The molecule has 0 radical (unpaired) electrons. The van der Waals surface area contributed by atoms with Crippen molar-refractivity contribution in [1.82, 2.24) is 24.7 Å². The molecule has 224 valence electrons. The number of carbonyl (C=O) groups excluding carboxylic acids is 1. The van der Waals surface area contributed by atoms with E-state index in [0.29, 0.717) is 53.6 Å². The summed E-state index contributed by atoms with van der Waals surface area (Å²) in [7, 11) is 0. The number of alkyl halides is 3. The minimum absolute atomic E-state index is 0.244. The number of aryl methyl sites for hydroxylation is 1. The molecule has 13 heteroatoms. The maximum atomic E-state index is 13.1. The van der Waals surface area contributed by atoms with Gasteiger partial charge in [0.25, 0.3) is 5.91 Å². The van der Waals surface area contributed by atoms with Crippen LogP contribution < -0.4 is 20.1 Å². The quantitative estimate of drug-likeness (QED) is 0.213. The van der Waals surface area contributed by atoms with Crippen molar-refractivity contribution in [3.05, 3.63) is 102 Å². The summed E-state index contributed by atoms with van der Waals surface area (Å²) in [5, 5.41) is 10.2. The molecule has 5 aromatic rings. The minimum Gasteiger partial charge on any atom is -0.477 e. The monoisotopic (exact) mass is 601 g/mol. The fraction of sp³-hybridized carbons (Fsp3) is 0.194. The second-order valence-corrected chi connectivity index (χ2v) is 10.1. The van der Waals surface area contributed by atoms with E-state index in [1.54, 1.807) is 35.3 Å². The van der Waals surface area contributed by atoms with Gasteiger partial charge in [-0.25, -0.2) is 14.6 Å². The average molecular weight is 602 g/mol. The lowest BCUT2D eigenvalue weighted by Crippen LogP contribution is -2.17. The van der Waals surface area contributed by atoms with Crippen LogP contribution in [0.25, 0.3) is 11.3 Å². The van der Waals surface area contributed by atoms with E-state index in [0.717, 1.165) is 23.1 Å². The third kappa shape index (κ3) is 6.77. The van der Waals surface area contributed by atoms with E-state index < -0.39 is 6.36 Å². The molecule has 1 aliphatic rings. The highest BCUT2D eigenvalue weighted by molar-refractivity contribution is 6.04. The Labute approximate surface area is 249 Å². The van der Waals surface area contributed by atoms with Crippen molar-refractivity contribution in [3.8, 4) is 22.9 Å². The van der Waals surface area contributed by atoms with Gasteiger partial charge >= 0.3 is 6.36 Å². The highest BCUT2D eigenvalue weighted by Crippen LogP contribution is 2.35. The summed E-state index contributed by atoms with van der Waals surface area (Å²) in [6.07, 6.45) is -0.247. The molecule has 10 nitrogen and oxygen atoms in total. The normalized spacial score (nSPS) is 12.6. The lowest BCUT2D eigenvalue weighted by molar-refractivity contribution is -0.274. The molecule has 2 N–H and O–H groups in total. The van der Waals surface area contributed by atoms with E-state index in [4.69, 9.17) is 4.74 Å². The summed E-state index contributed by atoms with van der Waals surface area (Å²) in [5.74, 6) is 0.0684. The first-order valence-corrected chi connectivity index (χ1v) is 13.7. The van der Waals surface area contributed by atoms with E-state index >= 15 is 0 Å². The van der Waals surface area contributed by atoms with Gasteiger partial charge in [0, 0.05) is 28.1 Å². The average Bonchev–Trinajstić information content (AvgIpc) is 3.51. The third-order valence-electron chi connectivity index (χ3n) is 6.90. The number of benzene rings is 3. The number of ether oxygens (including phenoxy) is 2. The molecule has 3 heterocycles.